The predicted octanol–water partition coefficient (Wildman–Crippen LogP) is -0.231. The summed E-state index contributed by atoms with van der Waals surface area (Å²) < 4.78 is 1.87. The number of aliphatic hydroxyl groups excluding tert-OH is 1. The van der Waals surface area contributed by atoms with Crippen molar-refractivity contribution < 1.29 is 5.11 Å². The zero-order valence-electron chi connectivity index (χ0n) is 17.9. The van der Waals surface area contributed by atoms with Crippen LogP contribution in [0.25, 0.3) is 24.0 Å². The molecule has 3 aromatic heterocycles. The minimum absolute atomic E-state index is 0.430. The van der Waals surface area contributed by atoms with E-state index in [-0.39, 0.29) is 0 Å². The average Bonchev–Trinajstić information content (AvgIpc) is 3.34. The highest BCUT2D eigenvalue weighted by Gasteiger charge is 2.18. The molecule has 1 fully saturated rings. The van der Waals surface area contributed by atoms with E-state index in [0.717, 1.165) is 47.6 Å². The highest BCUT2D eigenvalue weighted by Crippen LogP contribution is 2.17. The Hall–Kier alpha value is -3.30. The zero-order chi connectivity index (χ0) is 21.8. The van der Waals surface area contributed by atoms with Crippen molar-refractivity contribution in [1.82, 2.24) is 30.3 Å². The molecule has 0 aliphatic carbocycles. The van der Waals surface area contributed by atoms with Crippen LogP contribution < -0.4 is 20.8 Å². The molecule has 3 N–H and O–H groups in total. The molecule has 0 aromatic carbocycles. The largest absolute Gasteiger partial charge is 0.390 e. The fourth-order valence-electron chi connectivity index (χ4n) is 3.65. The minimum Gasteiger partial charge on any atom is -0.390 e. The van der Waals surface area contributed by atoms with Crippen molar-refractivity contribution in [1.29, 1.82) is 0 Å². The van der Waals surface area contributed by atoms with Crippen LogP contribution >= 0.6 is 0 Å². The SMILES string of the molecule is C=c1[nH]nc(-c2cccc(N3CCNC[C@@H](O)C3)n2)/c1=C/C(=N\C)c1cnn(CC)c1. The van der Waals surface area contributed by atoms with E-state index < -0.39 is 6.10 Å². The number of nitrogens with one attached hydrogen (secondary N) is 2. The van der Waals surface area contributed by atoms with Gasteiger partial charge < -0.3 is 15.3 Å². The summed E-state index contributed by atoms with van der Waals surface area (Å²) in [5, 5.41) is 26.7. The summed E-state index contributed by atoms with van der Waals surface area (Å²) in [5.41, 5.74) is 3.18. The molecule has 0 amide bonds. The van der Waals surface area contributed by atoms with E-state index >= 15 is 0 Å². The molecule has 3 aromatic rings. The summed E-state index contributed by atoms with van der Waals surface area (Å²) in [6.07, 6.45) is 5.31. The van der Waals surface area contributed by atoms with Gasteiger partial charge in [-0.05, 0) is 25.1 Å². The number of H-pyrrole nitrogens is 1. The Morgan fingerprint density at radius 3 is 3.06 bits per heavy atom. The van der Waals surface area contributed by atoms with Gasteiger partial charge in [-0.1, -0.05) is 12.6 Å². The van der Waals surface area contributed by atoms with Crippen molar-refractivity contribution in [3.05, 3.63) is 46.7 Å². The molecular weight excluding hydrogens is 392 g/mol. The second kappa shape index (κ2) is 9.23. The monoisotopic (exact) mass is 420 g/mol. The smallest absolute Gasteiger partial charge is 0.129 e. The van der Waals surface area contributed by atoms with E-state index in [1.54, 1.807) is 7.05 Å². The van der Waals surface area contributed by atoms with Gasteiger partial charge in [0.25, 0.3) is 0 Å². The van der Waals surface area contributed by atoms with Crippen molar-refractivity contribution in [2.75, 3.05) is 38.1 Å². The van der Waals surface area contributed by atoms with Gasteiger partial charge in [0.1, 0.15) is 11.5 Å². The molecule has 1 saturated heterocycles. The number of aromatic nitrogens is 5. The number of nitrogens with zero attached hydrogens (tertiary/aromatic N) is 6. The van der Waals surface area contributed by atoms with Gasteiger partial charge in [0.15, 0.2) is 0 Å². The van der Waals surface area contributed by atoms with Crippen molar-refractivity contribution in [2.24, 2.45) is 4.99 Å². The Labute approximate surface area is 180 Å². The van der Waals surface area contributed by atoms with Crippen LogP contribution in [0.15, 0.2) is 35.6 Å². The van der Waals surface area contributed by atoms with E-state index in [9.17, 15) is 5.11 Å². The summed E-state index contributed by atoms with van der Waals surface area (Å²) in [4.78, 5) is 11.4. The number of aliphatic hydroxyl groups is 1. The lowest BCUT2D eigenvalue weighted by Gasteiger charge is -2.23. The Bertz CT molecular complexity index is 1180. The average molecular weight is 421 g/mol. The van der Waals surface area contributed by atoms with Crippen LogP contribution in [-0.4, -0.2) is 75.1 Å². The van der Waals surface area contributed by atoms with Crippen LogP contribution in [0.2, 0.25) is 0 Å². The van der Waals surface area contributed by atoms with Gasteiger partial charge in [-0.3, -0.25) is 14.8 Å². The number of β-amino-alcohol motifs (C(OH)–C–C–N with tert-alkyl or cyclic N) is 1. The highest BCUT2D eigenvalue weighted by atomic mass is 16.3. The maximum Gasteiger partial charge on any atom is 0.129 e. The highest BCUT2D eigenvalue weighted by molar-refractivity contribution is 6.20. The standard InChI is InChI=1S/C22H28N8O/c1-4-30-13-16(11-25-30)20(23-3)10-18-15(2)27-28-22(18)19-6-5-7-21(26-19)29-9-8-24-12-17(31)14-29/h5-7,10-11,13,17,24,27,31H,2,4,8-9,12,14H2,1,3H3/b18-10+,23-20+/t17-/m1/s1. The van der Waals surface area contributed by atoms with Crippen LogP contribution in [0.4, 0.5) is 5.82 Å². The normalized spacial score (nSPS) is 18.4. The molecule has 0 saturated carbocycles. The quantitative estimate of drug-likeness (QED) is 0.492. The lowest BCUT2D eigenvalue weighted by molar-refractivity contribution is 0.184. The summed E-state index contributed by atoms with van der Waals surface area (Å²) >= 11 is 0. The molecule has 4 heterocycles. The lowest BCUT2D eigenvalue weighted by atomic mass is 10.1. The zero-order valence-corrected chi connectivity index (χ0v) is 17.9. The van der Waals surface area contributed by atoms with Gasteiger partial charge in [-0.25, -0.2) is 4.98 Å². The van der Waals surface area contributed by atoms with Crippen LogP contribution in [0.1, 0.15) is 12.5 Å². The minimum atomic E-state index is -0.430. The fourth-order valence-corrected chi connectivity index (χ4v) is 3.65. The molecule has 9 heteroatoms. The van der Waals surface area contributed by atoms with Crippen molar-refractivity contribution in [3.8, 4) is 11.4 Å². The van der Waals surface area contributed by atoms with E-state index in [4.69, 9.17) is 4.98 Å². The molecule has 1 aliphatic rings. The molecule has 0 bridgehead atoms. The first-order chi connectivity index (χ1) is 15.1. The Kier molecular flexibility index (Phi) is 6.24. The topological polar surface area (TPSA) is 107 Å². The number of aliphatic imine (C=N–C) groups is 1. The third-order valence-corrected chi connectivity index (χ3v) is 5.33. The first-order valence-corrected chi connectivity index (χ1v) is 10.4. The first-order valence-electron chi connectivity index (χ1n) is 10.4. The van der Waals surface area contributed by atoms with Gasteiger partial charge in [0.05, 0.1) is 29.1 Å². The summed E-state index contributed by atoms with van der Waals surface area (Å²) in [7, 11) is 1.76. The van der Waals surface area contributed by atoms with E-state index in [1.807, 2.05) is 48.3 Å². The summed E-state index contributed by atoms with van der Waals surface area (Å²) in [6, 6.07) is 5.85. The molecular formula is C22H28N8O. The second-order valence-corrected chi connectivity index (χ2v) is 7.49. The Morgan fingerprint density at radius 2 is 2.29 bits per heavy atom. The van der Waals surface area contributed by atoms with Crippen LogP contribution in [0.5, 0.6) is 0 Å². The van der Waals surface area contributed by atoms with Gasteiger partial charge in [0.2, 0.25) is 0 Å². The van der Waals surface area contributed by atoms with Gasteiger partial charge in [-0.2, -0.15) is 10.2 Å². The number of aryl methyl sites for hydroxylation is 1. The number of aromatic amines is 1. The number of anilines is 1. The van der Waals surface area contributed by atoms with Crippen molar-refractivity contribution in [2.45, 2.75) is 19.6 Å². The molecule has 0 radical (unpaired) electrons. The number of hydrogen-bond acceptors (Lipinski definition) is 7. The Morgan fingerprint density at radius 1 is 1.42 bits per heavy atom. The summed E-state index contributed by atoms with van der Waals surface area (Å²) in [5.74, 6) is 0.813. The van der Waals surface area contributed by atoms with E-state index in [1.165, 1.54) is 0 Å². The molecule has 31 heavy (non-hydrogen) atoms. The lowest BCUT2D eigenvalue weighted by Crippen LogP contribution is -2.33. The summed E-state index contributed by atoms with van der Waals surface area (Å²) in [6.45, 7) is 9.65. The van der Waals surface area contributed by atoms with E-state index in [0.29, 0.717) is 24.1 Å². The third-order valence-electron chi connectivity index (χ3n) is 5.33. The number of rotatable bonds is 5. The maximum atomic E-state index is 10.1. The van der Waals surface area contributed by atoms with Crippen molar-refractivity contribution >= 4 is 24.2 Å². The van der Waals surface area contributed by atoms with Gasteiger partial charge >= 0.3 is 0 Å². The molecule has 162 valence electrons. The van der Waals surface area contributed by atoms with E-state index in [2.05, 4.69) is 37.1 Å². The molecule has 1 aliphatic heterocycles. The molecule has 0 unspecified atom stereocenters. The second-order valence-electron chi connectivity index (χ2n) is 7.49. The van der Waals surface area contributed by atoms with Crippen LogP contribution in [-0.2, 0) is 6.54 Å². The maximum absolute atomic E-state index is 10.1. The fraction of sp³-hybridized carbons (Fsp3) is 0.364. The molecule has 0 spiro atoms. The Balaban J connectivity index is 1.72. The predicted molar refractivity (Wildman–Crippen MR) is 123 cm³/mol. The third kappa shape index (κ3) is 4.57. The van der Waals surface area contributed by atoms with Gasteiger partial charge in [-0.15, -0.1) is 0 Å². The number of pyridine rings is 1. The number of hydrogen-bond donors (Lipinski definition) is 3. The van der Waals surface area contributed by atoms with Gasteiger partial charge in [0, 0.05) is 56.8 Å². The molecule has 4 rings (SSSR count). The van der Waals surface area contributed by atoms with Crippen molar-refractivity contribution in [3.63, 3.8) is 0 Å². The molecule has 1 atom stereocenters. The van der Waals surface area contributed by atoms with Crippen LogP contribution in [0, 0.1) is 0 Å². The first kappa shape index (κ1) is 21.0. The van der Waals surface area contributed by atoms with Crippen LogP contribution in [0.3, 0.4) is 0 Å². The molecule has 9 nitrogen and oxygen atoms in total.